The lowest BCUT2D eigenvalue weighted by Crippen LogP contribution is -2.30. The Hall–Kier alpha value is -1.88. The second-order valence-corrected chi connectivity index (χ2v) is 6.52. The highest BCUT2D eigenvalue weighted by molar-refractivity contribution is 7.10. The summed E-state index contributed by atoms with van der Waals surface area (Å²) < 4.78 is 1.41. The normalized spacial score (nSPS) is 12.4. The number of pyridine rings is 1. The van der Waals surface area contributed by atoms with E-state index in [2.05, 4.69) is 19.2 Å². The van der Waals surface area contributed by atoms with E-state index in [4.69, 9.17) is 0 Å². The first-order chi connectivity index (χ1) is 9.97. The van der Waals surface area contributed by atoms with Crippen molar-refractivity contribution in [3.05, 3.63) is 56.6 Å². The topological polar surface area (TPSA) is 51.1 Å². The fourth-order valence-electron chi connectivity index (χ4n) is 2.18. The number of rotatable bonds is 5. The van der Waals surface area contributed by atoms with Crippen LogP contribution in [-0.4, -0.2) is 10.5 Å². The highest BCUT2D eigenvalue weighted by Crippen LogP contribution is 2.25. The van der Waals surface area contributed by atoms with Gasteiger partial charge in [0.1, 0.15) is 0 Å². The Bertz CT molecular complexity index is 659. The number of nitrogens with one attached hydrogen (secondary N) is 1. The first-order valence-corrected chi connectivity index (χ1v) is 7.86. The van der Waals surface area contributed by atoms with Gasteiger partial charge >= 0.3 is 0 Å². The average Bonchev–Trinajstić information content (AvgIpc) is 2.94. The molecule has 0 saturated heterocycles. The standard InChI is InChI=1S/C16H20N2O2S/c1-11(2)9-13(14-5-4-8-21-14)17-16(20)12-6-7-15(19)18(3)10-12/h4-8,10-11,13H,9H2,1-3H3,(H,17,20)/t13-/m1/s1. The fourth-order valence-corrected chi connectivity index (χ4v) is 2.97. The van der Waals surface area contributed by atoms with Crippen LogP contribution in [-0.2, 0) is 7.05 Å². The van der Waals surface area contributed by atoms with Gasteiger partial charge < -0.3 is 9.88 Å². The molecule has 21 heavy (non-hydrogen) atoms. The maximum Gasteiger partial charge on any atom is 0.253 e. The van der Waals surface area contributed by atoms with E-state index in [1.807, 2.05) is 17.5 Å². The van der Waals surface area contributed by atoms with Gasteiger partial charge in [0.25, 0.3) is 5.91 Å². The van der Waals surface area contributed by atoms with Gasteiger partial charge in [-0.3, -0.25) is 9.59 Å². The molecule has 0 unspecified atom stereocenters. The molecule has 2 heterocycles. The van der Waals surface area contributed by atoms with Gasteiger partial charge in [-0.1, -0.05) is 19.9 Å². The minimum Gasteiger partial charge on any atom is -0.344 e. The van der Waals surface area contributed by atoms with Gasteiger partial charge in [0.15, 0.2) is 0 Å². The van der Waals surface area contributed by atoms with E-state index in [-0.39, 0.29) is 17.5 Å². The molecule has 0 fully saturated rings. The van der Waals surface area contributed by atoms with Crippen molar-refractivity contribution in [1.29, 1.82) is 0 Å². The molecule has 0 bridgehead atoms. The van der Waals surface area contributed by atoms with Crippen LogP contribution in [0.15, 0.2) is 40.6 Å². The van der Waals surface area contributed by atoms with Gasteiger partial charge in [-0.05, 0) is 29.9 Å². The lowest BCUT2D eigenvalue weighted by Gasteiger charge is -2.19. The molecule has 2 rings (SSSR count). The molecule has 1 N–H and O–H groups in total. The van der Waals surface area contributed by atoms with Crippen molar-refractivity contribution in [1.82, 2.24) is 9.88 Å². The van der Waals surface area contributed by atoms with Gasteiger partial charge in [-0.2, -0.15) is 0 Å². The van der Waals surface area contributed by atoms with Crippen LogP contribution in [0.5, 0.6) is 0 Å². The lowest BCUT2D eigenvalue weighted by molar-refractivity contribution is 0.0932. The van der Waals surface area contributed by atoms with Crippen molar-refractivity contribution >= 4 is 17.2 Å². The summed E-state index contributed by atoms with van der Waals surface area (Å²) in [6.45, 7) is 4.28. The van der Waals surface area contributed by atoms with Crippen molar-refractivity contribution in [2.24, 2.45) is 13.0 Å². The van der Waals surface area contributed by atoms with Crippen molar-refractivity contribution in [3.63, 3.8) is 0 Å². The average molecular weight is 304 g/mol. The van der Waals surface area contributed by atoms with Crippen LogP contribution in [0.2, 0.25) is 0 Å². The molecule has 0 spiro atoms. The Morgan fingerprint density at radius 1 is 1.33 bits per heavy atom. The first kappa shape index (κ1) is 15.5. The van der Waals surface area contributed by atoms with Gasteiger partial charge in [-0.25, -0.2) is 0 Å². The maximum atomic E-state index is 12.4. The zero-order chi connectivity index (χ0) is 15.4. The minimum absolute atomic E-state index is 0.00901. The molecule has 0 saturated carbocycles. The fraction of sp³-hybridized carbons (Fsp3) is 0.375. The van der Waals surface area contributed by atoms with Gasteiger partial charge in [-0.15, -0.1) is 11.3 Å². The molecule has 2 aromatic heterocycles. The molecule has 4 nitrogen and oxygen atoms in total. The molecule has 112 valence electrons. The number of thiophene rings is 1. The maximum absolute atomic E-state index is 12.4. The van der Waals surface area contributed by atoms with Crippen LogP contribution in [0.4, 0.5) is 0 Å². The van der Waals surface area contributed by atoms with Crippen LogP contribution >= 0.6 is 11.3 Å². The van der Waals surface area contributed by atoms with Crippen LogP contribution < -0.4 is 10.9 Å². The van der Waals surface area contributed by atoms with Gasteiger partial charge in [0.2, 0.25) is 5.56 Å². The Balaban J connectivity index is 2.17. The van der Waals surface area contributed by atoms with E-state index in [1.165, 1.54) is 10.6 Å². The van der Waals surface area contributed by atoms with Crippen LogP contribution in [0.1, 0.15) is 41.5 Å². The molecule has 1 atom stereocenters. The van der Waals surface area contributed by atoms with Crippen LogP contribution in [0, 0.1) is 5.92 Å². The summed E-state index contributed by atoms with van der Waals surface area (Å²) in [5.74, 6) is 0.335. The molecule has 0 aliphatic rings. The summed E-state index contributed by atoms with van der Waals surface area (Å²) >= 11 is 1.65. The first-order valence-electron chi connectivity index (χ1n) is 6.98. The quantitative estimate of drug-likeness (QED) is 0.923. The largest absolute Gasteiger partial charge is 0.344 e. The molecule has 0 radical (unpaired) electrons. The number of amides is 1. The number of carbonyl (C=O) groups excluding carboxylic acids is 1. The Labute approximate surface area is 128 Å². The summed E-state index contributed by atoms with van der Waals surface area (Å²) in [6.07, 6.45) is 2.45. The Morgan fingerprint density at radius 3 is 2.67 bits per heavy atom. The predicted octanol–water partition coefficient (Wildman–Crippen LogP) is 2.96. The van der Waals surface area contributed by atoms with Crippen LogP contribution in [0.25, 0.3) is 0 Å². The van der Waals surface area contributed by atoms with Gasteiger partial charge in [0.05, 0.1) is 11.6 Å². The van der Waals surface area contributed by atoms with E-state index in [0.717, 1.165) is 11.3 Å². The van der Waals surface area contributed by atoms with Crippen LogP contribution in [0.3, 0.4) is 0 Å². The smallest absolute Gasteiger partial charge is 0.253 e. The summed E-state index contributed by atoms with van der Waals surface area (Å²) in [7, 11) is 1.64. The third-order valence-corrected chi connectivity index (χ3v) is 4.23. The summed E-state index contributed by atoms with van der Waals surface area (Å²) in [4.78, 5) is 24.9. The summed E-state index contributed by atoms with van der Waals surface area (Å²) in [5.41, 5.74) is 0.381. The number of aromatic nitrogens is 1. The zero-order valence-corrected chi connectivity index (χ0v) is 13.3. The van der Waals surface area contributed by atoms with Gasteiger partial charge in [0, 0.05) is 24.2 Å². The van der Waals surface area contributed by atoms with E-state index in [1.54, 1.807) is 30.6 Å². The molecule has 5 heteroatoms. The van der Waals surface area contributed by atoms with E-state index < -0.39 is 0 Å². The zero-order valence-electron chi connectivity index (χ0n) is 12.5. The number of nitrogens with zero attached hydrogens (tertiary/aromatic N) is 1. The highest BCUT2D eigenvalue weighted by Gasteiger charge is 2.18. The van der Waals surface area contributed by atoms with Crippen molar-refractivity contribution in [3.8, 4) is 0 Å². The molecular formula is C16H20N2O2S. The van der Waals surface area contributed by atoms with E-state index >= 15 is 0 Å². The summed E-state index contributed by atoms with van der Waals surface area (Å²) in [6, 6.07) is 7.02. The third kappa shape index (κ3) is 4.04. The number of carbonyl (C=O) groups is 1. The predicted molar refractivity (Wildman–Crippen MR) is 85.7 cm³/mol. The Kier molecular flexibility index (Phi) is 4.96. The SMILES string of the molecule is CC(C)C[C@@H](NC(=O)c1ccc(=O)n(C)c1)c1cccs1. The minimum atomic E-state index is -0.148. The number of hydrogen-bond acceptors (Lipinski definition) is 3. The Morgan fingerprint density at radius 2 is 2.10 bits per heavy atom. The third-order valence-electron chi connectivity index (χ3n) is 3.25. The molecule has 2 aromatic rings. The van der Waals surface area contributed by atoms with E-state index in [0.29, 0.717) is 11.5 Å². The number of hydrogen-bond donors (Lipinski definition) is 1. The van der Waals surface area contributed by atoms with Crippen molar-refractivity contribution in [2.75, 3.05) is 0 Å². The highest BCUT2D eigenvalue weighted by atomic mass is 32.1. The lowest BCUT2D eigenvalue weighted by atomic mass is 10.0. The second kappa shape index (κ2) is 6.72. The second-order valence-electron chi connectivity index (χ2n) is 5.54. The number of aryl methyl sites for hydroxylation is 1. The molecule has 1 amide bonds. The molecule has 0 aliphatic heterocycles. The molecule has 0 aromatic carbocycles. The van der Waals surface area contributed by atoms with E-state index in [9.17, 15) is 9.59 Å². The molecular weight excluding hydrogens is 284 g/mol. The molecule has 0 aliphatic carbocycles. The van der Waals surface area contributed by atoms with Crippen molar-refractivity contribution in [2.45, 2.75) is 26.3 Å². The summed E-state index contributed by atoms with van der Waals surface area (Å²) in [5, 5.41) is 5.08. The van der Waals surface area contributed by atoms with Crippen molar-refractivity contribution < 1.29 is 4.79 Å². The monoisotopic (exact) mass is 304 g/mol.